The summed E-state index contributed by atoms with van der Waals surface area (Å²) in [5.41, 5.74) is 10.3. The van der Waals surface area contributed by atoms with Crippen molar-refractivity contribution in [2.45, 2.75) is 19.8 Å². The average Bonchev–Trinajstić information content (AvgIpc) is 3.28. The number of amides is 1. The molecule has 144 valence electrons. The van der Waals surface area contributed by atoms with Gasteiger partial charge in [-0.15, -0.1) is 0 Å². The molecule has 3 heterocycles. The summed E-state index contributed by atoms with van der Waals surface area (Å²) < 4.78 is 0. The number of nitrogen functional groups attached to an aromatic ring is 1. The Hall–Kier alpha value is -3.72. The number of pyridine rings is 1. The second kappa shape index (κ2) is 8.11. The van der Waals surface area contributed by atoms with Gasteiger partial charge in [0.15, 0.2) is 0 Å². The number of hydrogen-bond donors (Lipinski definition) is 1. The topological polar surface area (TPSA) is 85.0 Å². The van der Waals surface area contributed by atoms with Crippen molar-refractivity contribution >= 4 is 11.9 Å². The quantitative estimate of drug-likeness (QED) is 0.688. The van der Waals surface area contributed by atoms with E-state index in [9.17, 15) is 4.79 Å². The minimum absolute atomic E-state index is 0.0732. The minimum atomic E-state index is 0.0732. The van der Waals surface area contributed by atoms with Gasteiger partial charge in [-0.25, -0.2) is 9.97 Å². The van der Waals surface area contributed by atoms with Crippen LogP contribution in [0.3, 0.4) is 0 Å². The van der Waals surface area contributed by atoms with E-state index in [4.69, 9.17) is 5.73 Å². The summed E-state index contributed by atoms with van der Waals surface area (Å²) in [6, 6.07) is 11.2. The summed E-state index contributed by atoms with van der Waals surface area (Å²) in [6.07, 6.45) is 5.56. The number of rotatable bonds is 2. The zero-order chi connectivity index (χ0) is 20.2. The van der Waals surface area contributed by atoms with Crippen LogP contribution in [0.25, 0.3) is 11.3 Å². The molecule has 2 N–H and O–H groups in total. The second-order valence-electron chi connectivity index (χ2n) is 6.96. The number of nitrogens with zero attached hydrogens (tertiary/aromatic N) is 4. The van der Waals surface area contributed by atoms with Gasteiger partial charge >= 0.3 is 0 Å². The first-order valence-electron chi connectivity index (χ1n) is 9.58. The highest BCUT2D eigenvalue weighted by atomic mass is 16.2. The fraction of sp³-hybridized carbons (Fsp3) is 0.217. The van der Waals surface area contributed by atoms with Gasteiger partial charge in [-0.05, 0) is 44.0 Å². The lowest BCUT2D eigenvalue weighted by Crippen LogP contribution is -2.27. The van der Waals surface area contributed by atoms with Gasteiger partial charge in [0.05, 0.1) is 17.0 Å². The molecule has 4 rings (SSSR count). The molecule has 1 aromatic carbocycles. The van der Waals surface area contributed by atoms with Crippen LogP contribution in [0.15, 0.2) is 48.8 Å². The number of hydrogen-bond acceptors (Lipinski definition) is 5. The Morgan fingerprint density at radius 1 is 1.07 bits per heavy atom. The van der Waals surface area contributed by atoms with Crippen molar-refractivity contribution in [3.63, 3.8) is 0 Å². The predicted molar refractivity (Wildman–Crippen MR) is 112 cm³/mol. The second-order valence-corrected chi connectivity index (χ2v) is 6.96. The third kappa shape index (κ3) is 4.09. The fourth-order valence-electron chi connectivity index (χ4n) is 3.40. The van der Waals surface area contributed by atoms with E-state index in [2.05, 4.69) is 26.8 Å². The van der Waals surface area contributed by atoms with Crippen LogP contribution in [0.1, 0.15) is 40.0 Å². The van der Waals surface area contributed by atoms with Crippen molar-refractivity contribution in [3.8, 4) is 23.1 Å². The Morgan fingerprint density at radius 2 is 1.83 bits per heavy atom. The summed E-state index contributed by atoms with van der Waals surface area (Å²) >= 11 is 0. The van der Waals surface area contributed by atoms with Crippen LogP contribution >= 0.6 is 0 Å². The van der Waals surface area contributed by atoms with Crippen LogP contribution in [-0.4, -0.2) is 38.8 Å². The van der Waals surface area contributed by atoms with Crippen molar-refractivity contribution in [1.29, 1.82) is 0 Å². The monoisotopic (exact) mass is 383 g/mol. The largest absolute Gasteiger partial charge is 0.368 e. The Bertz CT molecular complexity index is 1090. The van der Waals surface area contributed by atoms with Gasteiger partial charge in [0.25, 0.3) is 5.91 Å². The molecule has 0 unspecified atom stereocenters. The molecule has 6 nitrogen and oxygen atoms in total. The number of benzene rings is 1. The van der Waals surface area contributed by atoms with Crippen molar-refractivity contribution < 1.29 is 4.79 Å². The summed E-state index contributed by atoms with van der Waals surface area (Å²) in [6.45, 7) is 3.52. The zero-order valence-corrected chi connectivity index (χ0v) is 16.2. The Morgan fingerprint density at radius 3 is 2.52 bits per heavy atom. The van der Waals surface area contributed by atoms with E-state index in [1.165, 1.54) is 0 Å². The number of carbonyl (C=O) groups excluding carboxylic acids is 1. The van der Waals surface area contributed by atoms with E-state index in [1.807, 2.05) is 48.2 Å². The molecule has 1 fully saturated rings. The average molecular weight is 383 g/mol. The van der Waals surface area contributed by atoms with Gasteiger partial charge in [0.2, 0.25) is 5.95 Å². The molecule has 1 amide bonds. The molecular weight excluding hydrogens is 362 g/mol. The van der Waals surface area contributed by atoms with Gasteiger partial charge in [0.1, 0.15) is 0 Å². The van der Waals surface area contributed by atoms with Gasteiger partial charge in [-0.2, -0.15) is 0 Å². The molecule has 3 aromatic rings. The highest BCUT2D eigenvalue weighted by molar-refractivity contribution is 5.95. The number of anilines is 1. The first kappa shape index (κ1) is 18.6. The van der Waals surface area contributed by atoms with E-state index in [1.54, 1.807) is 12.4 Å². The Kier molecular flexibility index (Phi) is 5.21. The fourth-order valence-corrected chi connectivity index (χ4v) is 3.40. The van der Waals surface area contributed by atoms with Crippen LogP contribution < -0.4 is 5.73 Å². The molecule has 0 bridgehead atoms. The van der Waals surface area contributed by atoms with Crippen molar-refractivity contribution in [1.82, 2.24) is 19.9 Å². The smallest absolute Gasteiger partial charge is 0.253 e. The maximum Gasteiger partial charge on any atom is 0.253 e. The van der Waals surface area contributed by atoms with E-state index < -0.39 is 0 Å². The highest BCUT2D eigenvalue weighted by Gasteiger charge is 2.19. The van der Waals surface area contributed by atoms with Gasteiger partial charge in [-0.3, -0.25) is 9.78 Å². The summed E-state index contributed by atoms with van der Waals surface area (Å²) in [5, 5.41) is 0. The van der Waals surface area contributed by atoms with Crippen LogP contribution in [0.4, 0.5) is 5.95 Å². The standard InChI is InChI=1S/C23H21N5O/c1-16-20(11-6-17-5-4-12-25-15-17)21(27-23(24)26-16)18-7-9-19(10-8-18)22(29)28-13-2-3-14-28/h4-5,7-10,12,15H,2-3,13-14H2,1H3,(H2,24,26,27). The zero-order valence-electron chi connectivity index (χ0n) is 16.2. The number of likely N-dealkylation sites (tertiary alicyclic amines) is 1. The highest BCUT2D eigenvalue weighted by Crippen LogP contribution is 2.25. The Balaban J connectivity index is 1.69. The molecule has 0 radical (unpaired) electrons. The number of carbonyl (C=O) groups is 1. The molecule has 0 aliphatic carbocycles. The molecule has 2 aromatic heterocycles. The molecule has 6 heteroatoms. The first-order valence-corrected chi connectivity index (χ1v) is 9.58. The van der Waals surface area contributed by atoms with E-state index in [0.717, 1.165) is 37.1 Å². The predicted octanol–water partition coefficient (Wildman–Crippen LogP) is 3.07. The Labute approximate surface area is 169 Å². The van der Waals surface area contributed by atoms with Crippen molar-refractivity contribution in [3.05, 3.63) is 71.2 Å². The maximum absolute atomic E-state index is 12.6. The van der Waals surface area contributed by atoms with Crippen LogP contribution in [0.5, 0.6) is 0 Å². The van der Waals surface area contributed by atoms with Crippen LogP contribution in [-0.2, 0) is 0 Å². The van der Waals surface area contributed by atoms with Crippen molar-refractivity contribution in [2.24, 2.45) is 0 Å². The third-order valence-corrected chi connectivity index (χ3v) is 4.90. The van der Waals surface area contributed by atoms with Gasteiger partial charge in [0, 0.05) is 42.2 Å². The summed E-state index contributed by atoms with van der Waals surface area (Å²) in [5.74, 6) is 6.53. The van der Waals surface area contributed by atoms with Gasteiger partial charge in [-0.1, -0.05) is 24.0 Å². The number of aryl methyl sites for hydroxylation is 1. The maximum atomic E-state index is 12.6. The van der Waals surface area contributed by atoms with E-state index >= 15 is 0 Å². The lowest BCUT2D eigenvalue weighted by Gasteiger charge is -2.15. The first-order chi connectivity index (χ1) is 14.1. The molecule has 1 aliphatic heterocycles. The number of aromatic nitrogens is 3. The van der Waals surface area contributed by atoms with E-state index in [-0.39, 0.29) is 11.9 Å². The minimum Gasteiger partial charge on any atom is -0.368 e. The molecule has 0 atom stereocenters. The molecule has 1 aliphatic rings. The van der Waals surface area contributed by atoms with Crippen LogP contribution in [0.2, 0.25) is 0 Å². The lowest BCUT2D eigenvalue weighted by atomic mass is 10.0. The lowest BCUT2D eigenvalue weighted by molar-refractivity contribution is 0.0793. The molecule has 0 spiro atoms. The molecule has 1 saturated heterocycles. The third-order valence-electron chi connectivity index (χ3n) is 4.90. The van der Waals surface area contributed by atoms with E-state index in [0.29, 0.717) is 22.5 Å². The van der Waals surface area contributed by atoms with Crippen LogP contribution in [0, 0.1) is 18.8 Å². The normalized spacial score (nSPS) is 13.1. The molecule has 0 saturated carbocycles. The van der Waals surface area contributed by atoms with Crippen molar-refractivity contribution in [2.75, 3.05) is 18.8 Å². The number of nitrogens with two attached hydrogens (primary N) is 1. The van der Waals surface area contributed by atoms with Gasteiger partial charge < -0.3 is 10.6 Å². The molecule has 29 heavy (non-hydrogen) atoms. The summed E-state index contributed by atoms with van der Waals surface area (Å²) in [4.78, 5) is 27.2. The molecular formula is C23H21N5O. The SMILES string of the molecule is Cc1nc(N)nc(-c2ccc(C(=O)N3CCCC3)cc2)c1C#Cc1cccnc1. The summed E-state index contributed by atoms with van der Waals surface area (Å²) in [7, 11) is 0.